The number of thiophene rings is 1. The van der Waals surface area contributed by atoms with Crippen LogP contribution in [0.5, 0.6) is 0 Å². The first-order chi connectivity index (χ1) is 13.7. The van der Waals surface area contributed by atoms with Crippen molar-refractivity contribution in [2.45, 2.75) is 26.9 Å². The van der Waals surface area contributed by atoms with Crippen LogP contribution in [0, 0.1) is 6.92 Å². The molecule has 144 valence electrons. The number of aromatic nitrogens is 2. The van der Waals surface area contributed by atoms with Crippen molar-refractivity contribution in [1.29, 1.82) is 0 Å². The second-order valence-corrected chi connectivity index (χ2v) is 7.17. The standard InChI is InChI=1S/C20H19N3O4S/c1-3-25-20(24)17-13(2)16-18(21-12-22-19(16)28-17)23(10-14-6-4-8-26-14)11-15-7-5-9-27-15/h4-9,12H,3,10-11H2,1-2H3. The molecule has 0 saturated heterocycles. The van der Waals surface area contributed by atoms with E-state index in [0.29, 0.717) is 24.6 Å². The minimum absolute atomic E-state index is 0.328. The van der Waals surface area contributed by atoms with Crippen molar-refractivity contribution >= 4 is 33.3 Å². The number of furan rings is 2. The molecule has 0 aromatic carbocycles. The van der Waals surface area contributed by atoms with E-state index in [9.17, 15) is 4.79 Å². The normalized spacial score (nSPS) is 11.1. The van der Waals surface area contributed by atoms with Crippen molar-refractivity contribution in [3.05, 3.63) is 65.1 Å². The highest BCUT2D eigenvalue weighted by Crippen LogP contribution is 2.36. The Bertz CT molecular complexity index is 1030. The van der Waals surface area contributed by atoms with Gasteiger partial charge in [0.15, 0.2) is 0 Å². The number of aryl methyl sites for hydroxylation is 1. The van der Waals surface area contributed by atoms with Crippen LogP contribution >= 0.6 is 11.3 Å². The smallest absolute Gasteiger partial charge is 0.348 e. The predicted octanol–water partition coefficient (Wildman–Crippen LogP) is 4.57. The molecule has 0 spiro atoms. The van der Waals surface area contributed by atoms with Crippen molar-refractivity contribution in [1.82, 2.24) is 9.97 Å². The topological polar surface area (TPSA) is 81.6 Å². The number of carbonyl (C=O) groups excluding carboxylic acids is 1. The molecular weight excluding hydrogens is 378 g/mol. The van der Waals surface area contributed by atoms with Gasteiger partial charge in [-0.05, 0) is 43.7 Å². The van der Waals surface area contributed by atoms with Crippen LogP contribution in [0.4, 0.5) is 5.82 Å². The van der Waals surface area contributed by atoms with Crippen LogP contribution in [0.2, 0.25) is 0 Å². The maximum Gasteiger partial charge on any atom is 0.348 e. The summed E-state index contributed by atoms with van der Waals surface area (Å²) in [7, 11) is 0. The van der Waals surface area contributed by atoms with Gasteiger partial charge in [0.2, 0.25) is 0 Å². The maximum atomic E-state index is 12.3. The molecule has 0 amide bonds. The summed E-state index contributed by atoms with van der Waals surface area (Å²) in [5.41, 5.74) is 0.818. The molecule has 0 aliphatic rings. The minimum atomic E-state index is -0.336. The van der Waals surface area contributed by atoms with E-state index >= 15 is 0 Å². The Labute approximate surface area is 165 Å². The summed E-state index contributed by atoms with van der Waals surface area (Å²) in [6.45, 7) is 5.03. The summed E-state index contributed by atoms with van der Waals surface area (Å²) >= 11 is 1.32. The zero-order valence-electron chi connectivity index (χ0n) is 15.5. The zero-order valence-corrected chi connectivity index (χ0v) is 16.4. The Morgan fingerprint density at radius 1 is 1.14 bits per heavy atom. The molecule has 0 atom stereocenters. The molecule has 0 aliphatic carbocycles. The number of ether oxygens (including phenoxy) is 1. The van der Waals surface area contributed by atoms with Crippen molar-refractivity contribution in [2.24, 2.45) is 0 Å². The van der Waals surface area contributed by atoms with Gasteiger partial charge in [0.05, 0.1) is 37.6 Å². The predicted molar refractivity (Wildman–Crippen MR) is 105 cm³/mol. The lowest BCUT2D eigenvalue weighted by molar-refractivity contribution is 0.0531. The molecule has 0 fully saturated rings. The molecule has 8 heteroatoms. The largest absolute Gasteiger partial charge is 0.467 e. The molecular formula is C20H19N3O4S. The van der Waals surface area contributed by atoms with Crippen molar-refractivity contribution in [3.8, 4) is 0 Å². The third-order valence-electron chi connectivity index (χ3n) is 4.32. The van der Waals surface area contributed by atoms with Gasteiger partial charge in [-0.25, -0.2) is 14.8 Å². The second-order valence-electron chi connectivity index (χ2n) is 6.17. The number of hydrogen-bond acceptors (Lipinski definition) is 8. The third-order valence-corrected chi connectivity index (χ3v) is 5.50. The number of hydrogen-bond donors (Lipinski definition) is 0. The van der Waals surface area contributed by atoms with Gasteiger partial charge in [-0.3, -0.25) is 0 Å². The SMILES string of the molecule is CCOC(=O)c1sc2ncnc(N(Cc3ccco3)Cc3ccco3)c2c1C. The van der Waals surface area contributed by atoms with Gasteiger partial charge in [-0.2, -0.15) is 0 Å². The molecule has 0 saturated carbocycles. The molecule has 4 rings (SSSR count). The Hall–Kier alpha value is -3.13. The Kier molecular flexibility index (Phi) is 5.12. The fourth-order valence-electron chi connectivity index (χ4n) is 3.07. The lowest BCUT2D eigenvalue weighted by atomic mass is 10.2. The quantitative estimate of drug-likeness (QED) is 0.423. The highest BCUT2D eigenvalue weighted by molar-refractivity contribution is 7.20. The molecule has 0 aliphatic heterocycles. The summed E-state index contributed by atoms with van der Waals surface area (Å²) in [5, 5.41) is 0.841. The molecule has 0 N–H and O–H groups in total. The van der Waals surface area contributed by atoms with Crippen molar-refractivity contribution < 1.29 is 18.4 Å². The van der Waals surface area contributed by atoms with Gasteiger partial charge >= 0.3 is 5.97 Å². The summed E-state index contributed by atoms with van der Waals surface area (Å²) in [6, 6.07) is 7.53. The van der Waals surface area contributed by atoms with Gasteiger partial charge < -0.3 is 18.5 Å². The number of esters is 1. The van der Waals surface area contributed by atoms with Crippen LogP contribution in [-0.4, -0.2) is 22.5 Å². The molecule has 28 heavy (non-hydrogen) atoms. The van der Waals surface area contributed by atoms with E-state index in [-0.39, 0.29) is 5.97 Å². The third kappa shape index (κ3) is 3.50. The molecule has 7 nitrogen and oxygen atoms in total. The Morgan fingerprint density at radius 2 is 1.82 bits per heavy atom. The van der Waals surface area contributed by atoms with Gasteiger partial charge in [-0.15, -0.1) is 11.3 Å². The average Bonchev–Trinajstić information content (AvgIpc) is 3.44. The van der Waals surface area contributed by atoms with Crippen LogP contribution < -0.4 is 4.90 Å². The molecule has 4 heterocycles. The fourth-order valence-corrected chi connectivity index (χ4v) is 4.11. The highest BCUT2D eigenvalue weighted by Gasteiger charge is 2.23. The average molecular weight is 397 g/mol. The summed E-state index contributed by atoms with van der Waals surface area (Å²) in [5.74, 6) is 1.99. The maximum absolute atomic E-state index is 12.3. The van der Waals surface area contributed by atoms with Crippen molar-refractivity contribution in [3.63, 3.8) is 0 Å². The molecule has 4 aromatic rings. The summed E-state index contributed by atoms with van der Waals surface area (Å²) in [4.78, 5) is 24.6. The number of nitrogens with zero attached hydrogens (tertiary/aromatic N) is 3. The fraction of sp³-hybridized carbons (Fsp3) is 0.250. The Morgan fingerprint density at radius 3 is 2.39 bits per heavy atom. The minimum Gasteiger partial charge on any atom is -0.467 e. The van der Waals surface area contributed by atoms with Gasteiger partial charge in [0, 0.05) is 0 Å². The van der Waals surface area contributed by atoms with Crippen LogP contribution in [0.1, 0.15) is 33.7 Å². The van der Waals surface area contributed by atoms with E-state index in [1.54, 1.807) is 19.5 Å². The van der Waals surface area contributed by atoms with Crippen LogP contribution in [0.25, 0.3) is 10.2 Å². The number of carbonyl (C=O) groups is 1. The van der Waals surface area contributed by atoms with Gasteiger partial charge in [-0.1, -0.05) is 0 Å². The van der Waals surface area contributed by atoms with E-state index in [2.05, 4.69) is 14.9 Å². The van der Waals surface area contributed by atoms with E-state index in [1.165, 1.54) is 17.7 Å². The van der Waals surface area contributed by atoms with E-state index in [4.69, 9.17) is 13.6 Å². The number of fused-ring (bicyclic) bond motifs is 1. The van der Waals surface area contributed by atoms with Crippen molar-refractivity contribution in [2.75, 3.05) is 11.5 Å². The van der Waals surface area contributed by atoms with Crippen LogP contribution in [0.15, 0.2) is 52.0 Å². The lowest BCUT2D eigenvalue weighted by Crippen LogP contribution is -2.23. The molecule has 0 radical (unpaired) electrons. The molecule has 0 unspecified atom stereocenters. The first kappa shape index (κ1) is 18.2. The molecule has 4 aromatic heterocycles. The van der Waals surface area contributed by atoms with Gasteiger partial charge in [0.25, 0.3) is 0 Å². The zero-order chi connectivity index (χ0) is 19.5. The van der Waals surface area contributed by atoms with Gasteiger partial charge in [0.1, 0.15) is 33.4 Å². The number of rotatable bonds is 7. The lowest BCUT2D eigenvalue weighted by Gasteiger charge is -2.22. The second kappa shape index (κ2) is 7.85. The Balaban J connectivity index is 1.79. The first-order valence-electron chi connectivity index (χ1n) is 8.88. The monoisotopic (exact) mass is 397 g/mol. The summed E-state index contributed by atoms with van der Waals surface area (Å²) in [6.07, 6.45) is 4.80. The number of anilines is 1. The van der Waals surface area contributed by atoms with Crippen LogP contribution in [0.3, 0.4) is 0 Å². The highest BCUT2D eigenvalue weighted by atomic mass is 32.1. The summed E-state index contributed by atoms with van der Waals surface area (Å²) < 4.78 is 16.3. The van der Waals surface area contributed by atoms with E-state index in [0.717, 1.165) is 33.1 Å². The first-order valence-corrected chi connectivity index (χ1v) is 9.70. The van der Waals surface area contributed by atoms with Crippen LogP contribution in [-0.2, 0) is 17.8 Å². The van der Waals surface area contributed by atoms with E-state index in [1.807, 2.05) is 31.2 Å². The molecule has 0 bridgehead atoms. The van der Waals surface area contributed by atoms with E-state index < -0.39 is 0 Å².